The molecule has 100 valence electrons. The SMILES string of the molecule is CSc1ccccc1C(O)c1cc(C)c(F)cc1F. The standard InChI is InChI=1S/C15H14F2OS/c1-9-7-11(13(17)8-12(9)16)15(18)10-5-3-4-6-14(10)19-2/h3-8,15,18H,1-2H3. The second-order valence-corrected chi connectivity index (χ2v) is 5.12. The van der Waals surface area contributed by atoms with Crippen molar-refractivity contribution < 1.29 is 13.9 Å². The molecular formula is C15H14F2OS. The molecule has 0 radical (unpaired) electrons. The van der Waals surface area contributed by atoms with E-state index in [0.717, 1.165) is 11.0 Å². The lowest BCUT2D eigenvalue weighted by atomic mass is 9.99. The van der Waals surface area contributed by atoms with E-state index in [1.807, 2.05) is 18.4 Å². The molecule has 0 aromatic heterocycles. The molecule has 0 spiro atoms. The molecule has 0 aliphatic heterocycles. The average molecular weight is 280 g/mol. The van der Waals surface area contributed by atoms with Gasteiger partial charge in [0.15, 0.2) is 0 Å². The molecule has 0 aliphatic rings. The summed E-state index contributed by atoms with van der Waals surface area (Å²) in [5.41, 5.74) is 1.04. The number of aliphatic hydroxyl groups is 1. The quantitative estimate of drug-likeness (QED) is 0.855. The predicted molar refractivity (Wildman–Crippen MR) is 73.4 cm³/mol. The maximum absolute atomic E-state index is 13.8. The van der Waals surface area contributed by atoms with Gasteiger partial charge in [-0.2, -0.15) is 0 Å². The lowest BCUT2D eigenvalue weighted by molar-refractivity contribution is 0.211. The number of halogens is 2. The fourth-order valence-corrected chi connectivity index (χ4v) is 2.58. The molecule has 1 atom stereocenters. The minimum absolute atomic E-state index is 0.0976. The summed E-state index contributed by atoms with van der Waals surface area (Å²) in [6, 6.07) is 9.41. The number of hydrogen-bond donors (Lipinski definition) is 1. The second kappa shape index (κ2) is 5.72. The molecule has 4 heteroatoms. The van der Waals surface area contributed by atoms with Crippen molar-refractivity contribution in [1.82, 2.24) is 0 Å². The normalized spacial score (nSPS) is 12.5. The van der Waals surface area contributed by atoms with Gasteiger partial charge in [-0.25, -0.2) is 8.78 Å². The first-order valence-corrected chi connectivity index (χ1v) is 7.03. The maximum atomic E-state index is 13.8. The summed E-state index contributed by atoms with van der Waals surface area (Å²) in [6.45, 7) is 1.55. The highest BCUT2D eigenvalue weighted by Gasteiger charge is 2.19. The third-order valence-electron chi connectivity index (χ3n) is 3.01. The minimum Gasteiger partial charge on any atom is -0.384 e. The number of thioether (sulfide) groups is 1. The molecule has 0 fully saturated rings. The Morgan fingerprint density at radius 1 is 1.05 bits per heavy atom. The van der Waals surface area contributed by atoms with E-state index >= 15 is 0 Å². The van der Waals surface area contributed by atoms with Gasteiger partial charge in [0, 0.05) is 16.5 Å². The predicted octanol–water partition coefficient (Wildman–Crippen LogP) is 4.08. The molecule has 2 aromatic carbocycles. The highest BCUT2D eigenvalue weighted by Crippen LogP contribution is 2.32. The lowest BCUT2D eigenvalue weighted by Gasteiger charge is -2.16. The van der Waals surface area contributed by atoms with E-state index in [0.29, 0.717) is 11.1 Å². The fourth-order valence-electron chi connectivity index (χ4n) is 1.95. The number of benzene rings is 2. The van der Waals surface area contributed by atoms with E-state index in [1.165, 1.54) is 17.8 Å². The average Bonchev–Trinajstić information content (AvgIpc) is 2.42. The molecule has 0 bridgehead atoms. The third-order valence-corrected chi connectivity index (χ3v) is 3.82. The number of rotatable bonds is 3. The zero-order chi connectivity index (χ0) is 14.0. The van der Waals surface area contributed by atoms with Gasteiger partial charge in [0.1, 0.15) is 17.7 Å². The van der Waals surface area contributed by atoms with E-state index in [2.05, 4.69) is 0 Å². The first-order valence-electron chi connectivity index (χ1n) is 5.81. The molecule has 0 heterocycles. The fraction of sp³-hybridized carbons (Fsp3) is 0.200. The van der Waals surface area contributed by atoms with Gasteiger partial charge in [-0.3, -0.25) is 0 Å². The van der Waals surface area contributed by atoms with E-state index in [9.17, 15) is 13.9 Å². The second-order valence-electron chi connectivity index (χ2n) is 4.27. The first kappa shape index (κ1) is 14.0. The van der Waals surface area contributed by atoms with E-state index in [1.54, 1.807) is 19.1 Å². The van der Waals surface area contributed by atoms with Crippen LogP contribution in [0.25, 0.3) is 0 Å². The zero-order valence-corrected chi connectivity index (χ0v) is 11.5. The summed E-state index contributed by atoms with van der Waals surface area (Å²) in [6.07, 6.45) is 0.792. The van der Waals surface area contributed by atoms with E-state index < -0.39 is 17.7 Å². The van der Waals surface area contributed by atoms with Crippen molar-refractivity contribution >= 4 is 11.8 Å². The Bertz CT molecular complexity index is 599. The Morgan fingerprint density at radius 2 is 1.74 bits per heavy atom. The summed E-state index contributed by atoms with van der Waals surface area (Å²) in [5, 5.41) is 10.3. The van der Waals surface area contributed by atoms with Crippen LogP contribution >= 0.6 is 11.8 Å². The van der Waals surface area contributed by atoms with Crippen LogP contribution in [0.2, 0.25) is 0 Å². The van der Waals surface area contributed by atoms with Gasteiger partial charge in [-0.15, -0.1) is 11.8 Å². The lowest BCUT2D eigenvalue weighted by Crippen LogP contribution is -2.05. The van der Waals surface area contributed by atoms with Crippen LogP contribution in [0.5, 0.6) is 0 Å². The van der Waals surface area contributed by atoms with Crippen LogP contribution in [0, 0.1) is 18.6 Å². The van der Waals surface area contributed by atoms with Crippen LogP contribution in [-0.4, -0.2) is 11.4 Å². The molecule has 1 N–H and O–H groups in total. The highest BCUT2D eigenvalue weighted by atomic mass is 32.2. The molecule has 19 heavy (non-hydrogen) atoms. The Hall–Kier alpha value is -1.39. The maximum Gasteiger partial charge on any atom is 0.132 e. The molecule has 0 saturated carbocycles. The van der Waals surface area contributed by atoms with Crippen LogP contribution in [0.15, 0.2) is 41.3 Å². The van der Waals surface area contributed by atoms with Gasteiger partial charge in [-0.05, 0) is 36.4 Å². The minimum atomic E-state index is -1.09. The molecule has 1 unspecified atom stereocenters. The highest BCUT2D eigenvalue weighted by molar-refractivity contribution is 7.98. The van der Waals surface area contributed by atoms with Gasteiger partial charge in [0.05, 0.1) is 0 Å². The summed E-state index contributed by atoms with van der Waals surface area (Å²) in [7, 11) is 0. The monoisotopic (exact) mass is 280 g/mol. The smallest absolute Gasteiger partial charge is 0.132 e. The summed E-state index contributed by atoms with van der Waals surface area (Å²) in [4.78, 5) is 0.872. The van der Waals surface area contributed by atoms with Gasteiger partial charge < -0.3 is 5.11 Å². The van der Waals surface area contributed by atoms with Crippen molar-refractivity contribution in [3.63, 3.8) is 0 Å². The number of aliphatic hydroxyl groups excluding tert-OH is 1. The molecule has 2 rings (SSSR count). The van der Waals surface area contributed by atoms with Crippen LogP contribution in [0.3, 0.4) is 0 Å². The van der Waals surface area contributed by atoms with Gasteiger partial charge in [0.2, 0.25) is 0 Å². The van der Waals surface area contributed by atoms with Crippen LogP contribution in [-0.2, 0) is 0 Å². The Balaban J connectivity index is 2.50. The molecule has 0 saturated heterocycles. The summed E-state index contributed by atoms with van der Waals surface area (Å²) < 4.78 is 27.0. The largest absolute Gasteiger partial charge is 0.384 e. The summed E-state index contributed by atoms with van der Waals surface area (Å²) >= 11 is 1.48. The van der Waals surface area contributed by atoms with Crippen LogP contribution in [0.1, 0.15) is 22.8 Å². The first-order chi connectivity index (χ1) is 9.04. The third kappa shape index (κ3) is 2.80. The van der Waals surface area contributed by atoms with Gasteiger partial charge >= 0.3 is 0 Å². The Morgan fingerprint density at radius 3 is 2.42 bits per heavy atom. The van der Waals surface area contributed by atoms with Crippen LogP contribution in [0.4, 0.5) is 8.78 Å². The molecular weight excluding hydrogens is 266 g/mol. The Kier molecular flexibility index (Phi) is 4.22. The topological polar surface area (TPSA) is 20.2 Å². The molecule has 2 aromatic rings. The summed E-state index contributed by atoms with van der Waals surface area (Å²) in [5.74, 6) is -1.34. The van der Waals surface area contributed by atoms with Crippen molar-refractivity contribution in [2.45, 2.75) is 17.9 Å². The van der Waals surface area contributed by atoms with Crippen molar-refractivity contribution in [2.24, 2.45) is 0 Å². The Labute approximate surface area is 115 Å². The van der Waals surface area contributed by atoms with Crippen LogP contribution < -0.4 is 0 Å². The molecule has 0 aliphatic carbocycles. The van der Waals surface area contributed by atoms with Crippen molar-refractivity contribution in [3.05, 3.63) is 64.7 Å². The van der Waals surface area contributed by atoms with Gasteiger partial charge in [0.25, 0.3) is 0 Å². The zero-order valence-electron chi connectivity index (χ0n) is 10.7. The molecule has 0 amide bonds. The number of aryl methyl sites for hydroxylation is 1. The van der Waals surface area contributed by atoms with Gasteiger partial charge in [-0.1, -0.05) is 18.2 Å². The molecule has 1 nitrogen and oxygen atoms in total. The van der Waals surface area contributed by atoms with Crippen molar-refractivity contribution in [1.29, 1.82) is 0 Å². The van der Waals surface area contributed by atoms with Crippen molar-refractivity contribution in [2.75, 3.05) is 6.26 Å². The van der Waals surface area contributed by atoms with Crippen molar-refractivity contribution in [3.8, 4) is 0 Å². The van der Waals surface area contributed by atoms with E-state index in [-0.39, 0.29) is 5.56 Å². The van der Waals surface area contributed by atoms with E-state index in [4.69, 9.17) is 0 Å². The number of hydrogen-bond acceptors (Lipinski definition) is 2.